The maximum atomic E-state index is 5.47. The van der Waals surface area contributed by atoms with E-state index in [1.807, 2.05) is 6.07 Å². The van der Waals surface area contributed by atoms with Crippen LogP contribution in [0.2, 0.25) is 26.2 Å². The highest BCUT2D eigenvalue weighted by Crippen LogP contribution is 2.41. The Balaban J connectivity index is 1.26. The van der Waals surface area contributed by atoms with E-state index >= 15 is 0 Å². The topological polar surface area (TPSA) is 38.7 Å². The Morgan fingerprint density at radius 2 is 0.815 bits per heavy atom. The van der Waals surface area contributed by atoms with E-state index in [0.717, 1.165) is 16.7 Å². The highest BCUT2D eigenvalue weighted by atomic mass is 28.3. The predicted molar refractivity (Wildman–Crippen MR) is 231 cm³/mol. The van der Waals surface area contributed by atoms with Crippen LogP contribution in [0, 0.1) is 0 Å². The van der Waals surface area contributed by atoms with Crippen molar-refractivity contribution in [2.24, 2.45) is 0 Å². The standard InChI is InChI=1S/C49H39N3Si2/c1-53(2)42-27-17-15-25-38(42)45-40(32-18-8-5-9-19-32)30-35(31-43(45)53)48-50-47(34-22-12-7-13-23-34)51-49(52-48)39-29-28-37-36-24-14-16-26-41(36)54(3,4)46(37)44(39)33-20-10-6-11-21-33/h5-31H,1-4H3. The van der Waals surface area contributed by atoms with Crippen molar-refractivity contribution in [1.29, 1.82) is 0 Å². The zero-order chi connectivity index (χ0) is 36.6. The van der Waals surface area contributed by atoms with E-state index in [1.54, 1.807) is 0 Å². The lowest BCUT2D eigenvalue weighted by atomic mass is 9.92. The SMILES string of the molecule is C[Si]1(C)c2ccccc2-c2c(-c3ccccc3)cc(-c3nc(-c4ccccc4)nc(-c4ccc5c(c4-c4ccccc4)[Si](C)(C)c4ccccc4-5)n3)cc21. The van der Waals surface area contributed by atoms with Gasteiger partial charge in [-0.1, -0.05) is 178 Å². The van der Waals surface area contributed by atoms with Gasteiger partial charge in [-0.2, -0.15) is 0 Å². The summed E-state index contributed by atoms with van der Waals surface area (Å²) in [6, 6.07) is 59.3. The molecule has 1 aromatic heterocycles. The fourth-order valence-electron chi connectivity index (χ4n) is 9.10. The fourth-order valence-corrected chi connectivity index (χ4v) is 15.7. The minimum absolute atomic E-state index is 0.677. The minimum Gasteiger partial charge on any atom is -0.208 e. The number of nitrogens with zero attached hydrogens (tertiary/aromatic N) is 3. The highest BCUT2D eigenvalue weighted by Gasteiger charge is 2.41. The average molecular weight is 726 g/mol. The van der Waals surface area contributed by atoms with E-state index in [4.69, 9.17) is 15.0 Å². The van der Waals surface area contributed by atoms with Gasteiger partial charge >= 0.3 is 0 Å². The molecule has 0 fully saturated rings. The third-order valence-corrected chi connectivity index (χ3v) is 18.8. The van der Waals surface area contributed by atoms with Gasteiger partial charge < -0.3 is 0 Å². The molecule has 0 spiro atoms. The van der Waals surface area contributed by atoms with E-state index in [9.17, 15) is 0 Å². The number of rotatable bonds is 5. The minimum atomic E-state index is -2.10. The van der Waals surface area contributed by atoms with Gasteiger partial charge in [0.05, 0.1) is 0 Å². The zero-order valence-electron chi connectivity index (χ0n) is 30.9. The van der Waals surface area contributed by atoms with Gasteiger partial charge in [0.25, 0.3) is 0 Å². The van der Waals surface area contributed by atoms with Gasteiger partial charge in [-0.3, -0.25) is 0 Å². The summed E-state index contributed by atoms with van der Waals surface area (Å²) in [5.74, 6) is 2.07. The van der Waals surface area contributed by atoms with Crippen molar-refractivity contribution in [2.45, 2.75) is 26.2 Å². The normalized spacial score (nSPS) is 14.2. The van der Waals surface area contributed by atoms with Crippen molar-refractivity contribution in [2.75, 3.05) is 0 Å². The summed E-state index contributed by atoms with van der Waals surface area (Å²) in [5, 5.41) is 5.84. The van der Waals surface area contributed by atoms with Gasteiger partial charge in [0.2, 0.25) is 0 Å². The zero-order valence-corrected chi connectivity index (χ0v) is 32.9. The van der Waals surface area contributed by atoms with E-state index < -0.39 is 16.1 Å². The van der Waals surface area contributed by atoms with Crippen LogP contribution in [0.5, 0.6) is 0 Å². The van der Waals surface area contributed by atoms with Gasteiger partial charge in [-0.25, -0.2) is 15.0 Å². The van der Waals surface area contributed by atoms with Crippen LogP contribution in [-0.4, -0.2) is 31.1 Å². The molecule has 0 N–H and O–H groups in total. The number of benzene rings is 7. The summed E-state index contributed by atoms with van der Waals surface area (Å²) in [5.41, 5.74) is 13.3. The van der Waals surface area contributed by atoms with E-state index in [2.05, 4.69) is 184 Å². The number of fused-ring (bicyclic) bond motifs is 6. The van der Waals surface area contributed by atoms with Crippen molar-refractivity contribution in [3.05, 3.63) is 164 Å². The van der Waals surface area contributed by atoms with Crippen LogP contribution in [0.1, 0.15) is 0 Å². The van der Waals surface area contributed by atoms with Crippen LogP contribution in [0.25, 0.3) is 78.7 Å². The third kappa shape index (κ3) is 4.96. The monoisotopic (exact) mass is 725 g/mol. The molecule has 0 radical (unpaired) electrons. The van der Waals surface area contributed by atoms with Crippen LogP contribution in [0.4, 0.5) is 0 Å². The third-order valence-electron chi connectivity index (χ3n) is 11.7. The number of hydrogen-bond donors (Lipinski definition) is 0. The Morgan fingerprint density at radius 3 is 1.48 bits per heavy atom. The van der Waals surface area contributed by atoms with E-state index in [-0.39, 0.29) is 0 Å². The Morgan fingerprint density at radius 1 is 0.315 bits per heavy atom. The largest absolute Gasteiger partial charge is 0.208 e. The van der Waals surface area contributed by atoms with Crippen molar-refractivity contribution in [3.63, 3.8) is 0 Å². The van der Waals surface area contributed by atoms with Crippen molar-refractivity contribution >= 4 is 36.9 Å². The van der Waals surface area contributed by atoms with E-state index in [1.165, 1.54) is 65.3 Å². The Hall–Kier alpha value is -6.02. The highest BCUT2D eigenvalue weighted by molar-refractivity contribution is 7.05. The molecular weight excluding hydrogens is 687 g/mol. The first-order chi connectivity index (χ1) is 26.3. The van der Waals surface area contributed by atoms with E-state index in [0.29, 0.717) is 17.5 Å². The number of hydrogen-bond acceptors (Lipinski definition) is 3. The Kier molecular flexibility index (Phi) is 7.41. The molecule has 0 saturated heterocycles. The maximum Gasteiger partial charge on any atom is 0.164 e. The molecule has 8 aromatic rings. The van der Waals surface area contributed by atoms with Crippen molar-refractivity contribution in [1.82, 2.24) is 15.0 Å². The lowest BCUT2D eigenvalue weighted by Crippen LogP contribution is -2.50. The Bertz CT molecular complexity index is 2760. The predicted octanol–water partition coefficient (Wildman–Crippen LogP) is 9.81. The van der Waals surface area contributed by atoms with Crippen molar-refractivity contribution < 1.29 is 0 Å². The molecular formula is C49H39N3Si2. The second kappa shape index (κ2) is 12.3. The van der Waals surface area contributed by atoms with Gasteiger partial charge in [0.1, 0.15) is 16.1 Å². The summed E-state index contributed by atoms with van der Waals surface area (Å²) in [6.07, 6.45) is 0. The fraction of sp³-hybridized carbons (Fsp3) is 0.0816. The molecule has 0 saturated carbocycles. The van der Waals surface area contributed by atoms with Crippen molar-refractivity contribution in [3.8, 4) is 78.7 Å². The molecule has 3 heterocycles. The summed E-state index contributed by atoms with van der Waals surface area (Å²) in [6.45, 7) is 9.93. The summed E-state index contributed by atoms with van der Waals surface area (Å²) >= 11 is 0. The summed E-state index contributed by atoms with van der Waals surface area (Å²) < 4.78 is 0. The molecule has 10 rings (SSSR count). The molecule has 7 aromatic carbocycles. The second-order valence-corrected chi connectivity index (χ2v) is 24.2. The molecule has 0 unspecified atom stereocenters. The Labute approximate surface area is 319 Å². The molecule has 2 aliphatic rings. The van der Waals surface area contributed by atoms with Gasteiger partial charge in [0.15, 0.2) is 17.5 Å². The van der Waals surface area contributed by atoms with Crippen LogP contribution in [0.3, 0.4) is 0 Å². The molecule has 5 heteroatoms. The molecule has 2 aliphatic heterocycles. The lowest BCUT2D eigenvalue weighted by Gasteiger charge is -2.24. The van der Waals surface area contributed by atoms with Gasteiger partial charge in [0, 0.05) is 16.7 Å². The molecule has 0 atom stereocenters. The molecule has 0 bridgehead atoms. The summed E-state index contributed by atoms with van der Waals surface area (Å²) in [4.78, 5) is 16.1. The first kappa shape index (κ1) is 32.6. The quantitative estimate of drug-likeness (QED) is 0.166. The molecule has 0 aliphatic carbocycles. The molecule has 54 heavy (non-hydrogen) atoms. The lowest BCUT2D eigenvalue weighted by molar-refractivity contribution is 1.07. The first-order valence-corrected chi connectivity index (χ1v) is 24.8. The molecule has 258 valence electrons. The summed E-state index contributed by atoms with van der Waals surface area (Å²) in [7, 11) is -4.14. The second-order valence-electron chi connectivity index (χ2n) is 15.6. The van der Waals surface area contributed by atoms with Gasteiger partial charge in [-0.15, -0.1) is 0 Å². The van der Waals surface area contributed by atoms with Gasteiger partial charge in [-0.05, 0) is 77.4 Å². The van der Waals surface area contributed by atoms with Crippen LogP contribution in [-0.2, 0) is 0 Å². The van der Waals surface area contributed by atoms with Crippen LogP contribution in [0.15, 0.2) is 164 Å². The van der Waals surface area contributed by atoms with Crippen LogP contribution < -0.4 is 20.7 Å². The van der Waals surface area contributed by atoms with Crippen LogP contribution >= 0.6 is 0 Å². The number of aromatic nitrogens is 3. The first-order valence-electron chi connectivity index (χ1n) is 18.8. The maximum absolute atomic E-state index is 5.47. The molecule has 0 amide bonds. The molecule has 3 nitrogen and oxygen atoms in total. The smallest absolute Gasteiger partial charge is 0.164 e. The average Bonchev–Trinajstić information content (AvgIpc) is 3.60.